The summed E-state index contributed by atoms with van der Waals surface area (Å²) in [6.45, 7) is 2.03. The van der Waals surface area contributed by atoms with Gasteiger partial charge in [0.15, 0.2) is 0 Å². The van der Waals surface area contributed by atoms with Crippen LogP contribution in [-0.4, -0.2) is 15.8 Å². The highest BCUT2D eigenvalue weighted by Gasteiger charge is 2.15. The van der Waals surface area contributed by atoms with Gasteiger partial charge in [0.1, 0.15) is 10.1 Å². The average molecular weight is 650 g/mol. The Morgan fingerprint density at radius 2 is 1.14 bits per heavy atom. The fraction of sp³-hybridized carbons (Fsp3) is 0.0444. The van der Waals surface area contributed by atoms with Crippen molar-refractivity contribution in [3.63, 3.8) is 0 Å². The highest BCUT2D eigenvalue weighted by molar-refractivity contribution is 8.27. The molecule has 0 unspecified atom stereocenters. The zero-order chi connectivity index (χ0) is 33.6. The minimum Gasteiger partial charge on any atom is -0.293 e. The fourth-order valence-corrected chi connectivity index (χ4v) is 6.92. The van der Waals surface area contributed by atoms with Crippen molar-refractivity contribution in [2.75, 3.05) is 0 Å². The third-order valence-electron chi connectivity index (χ3n) is 8.73. The molecule has 0 spiro atoms. The van der Waals surface area contributed by atoms with Crippen LogP contribution in [0.3, 0.4) is 0 Å². The molecule has 0 aromatic heterocycles. The summed E-state index contributed by atoms with van der Waals surface area (Å²) in [4.78, 5) is 5.16. The number of fused-ring (bicyclic) bond motifs is 3. The normalized spacial score (nSPS) is 11.9. The van der Waals surface area contributed by atoms with Crippen molar-refractivity contribution in [2.45, 2.75) is 13.3 Å². The first-order valence-electron chi connectivity index (χ1n) is 16.4. The Bertz CT molecular complexity index is 2360. The van der Waals surface area contributed by atoms with Crippen molar-refractivity contribution in [3.05, 3.63) is 198 Å². The lowest BCUT2D eigenvalue weighted by atomic mass is 9.93. The second kappa shape index (κ2) is 14.5. The van der Waals surface area contributed by atoms with Crippen molar-refractivity contribution in [1.29, 1.82) is 10.8 Å². The summed E-state index contributed by atoms with van der Waals surface area (Å²) in [5.74, 6) is 0. The summed E-state index contributed by atoms with van der Waals surface area (Å²) >= 11 is 1.16. The zero-order valence-electron chi connectivity index (χ0n) is 27.2. The highest BCUT2D eigenvalue weighted by atomic mass is 32.2. The molecule has 0 radical (unpaired) electrons. The molecule has 0 aliphatic rings. The van der Waals surface area contributed by atoms with E-state index < -0.39 is 0 Å². The van der Waals surface area contributed by atoms with E-state index in [0.29, 0.717) is 16.5 Å². The van der Waals surface area contributed by atoms with E-state index in [2.05, 4.69) is 97.1 Å². The first-order valence-corrected chi connectivity index (χ1v) is 17.2. The molecule has 4 heteroatoms. The van der Waals surface area contributed by atoms with Gasteiger partial charge in [0.25, 0.3) is 0 Å². The second-order valence-electron chi connectivity index (χ2n) is 11.9. The number of rotatable bonds is 8. The quantitative estimate of drug-likeness (QED) is 0.0960. The molecule has 0 bridgehead atoms. The number of nitrogens with one attached hydrogen (secondary N) is 2. The van der Waals surface area contributed by atoms with Crippen LogP contribution in [-0.2, 0) is 6.42 Å². The zero-order valence-corrected chi connectivity index (χ0v) is 28.0. The van der Waals surface area contributed by atoms with Crippen LogP contribution in [0.15, 0.2) is 175 Å². The molecule has 0 saturated heterocycles. The van der Waals surface area contributed by atoms with E-state index in [1.54, 1.807) is 0 Å². The molecule has 7 aromatic carbocycles. The maximum atomic E-state index is 9.05. The van der Waals surface area contributed by atoms with E-state index in [0.717, 1.165) is 45.4 Å². The monoisotopic (exact) mass is 649 g/mol. The van der Waals surface area contributed by atoms with Crippen LogP contribution in [0.2, 0.25) is 0 Å². The summed E-state index contributed by atoms with van der Waals surface area (Å²) in [5, 5.41) is 23.4. The number of nitrogens with zero attached hydrogens (tertiary/aromatic N) is 1. The molecular formula is C45H35N3S. The predicted octanol–water partition coefficient (Wildman–Crippen LogP) is 11.8. The van der Waals surface area contributed by atoms with Gasteiger partial charge in [-0.15, -0.1) is 0 Å². The summed E-state index contributed by atoms with van der Waals surface area (Å²) < 4.78 is 0. The summed E-state index contributed by atoms with van der Waals surface area (Å²) in [7, 11) is 0. The number of allylic oxidation sites excluding steroid dienone is 1. The third-order valence-corrected chi connectivity index (χ3v) is 9.60. The van der Waals surface area contributed by atoms with Gasteiger partial charge in [-0.05, 0) is 63.2 Å². The summed E-state index contributed by atoms with van der Waals surface area (Å²) in [6, 6.07) is 56.0. The molecule has 0 fully saturated rings. The molecule has 0 aliphatic carbocycles. The number of aliphatic imine (C=N–C) groups is 1. The van der Waals surface area contributed by atoms with Crippen LogP contribution < -0.4 is 0 Å². The predicted molar refractivity (Wildman–Crippen MR) is 211 cm³/mol. The molecule has 0 aliphatic heterocycles. The lowest BCUT2D eigenvalue weighted by molar-refractivity contribution is 1.26. The Labute approximate surface area is 291 Å². The highest BCUT2D eigenvalue weighted by Crippen LogP contribution is 2.35. The number of thioether (sulfide) groups is 1. The molecule has 0 heterocycles. The van der Waals surface area contributed by atoms with Crippen molar-refractivity contribution in [1.82, 2.24) is 0 Å². The van der Waals surface area contributed by atoms with E-state index in [9.17, 15) is 0 Å². The molecule has 49 heavy (non-hydrogen) atoms. The first kappa shape index (κ1) is 31.7. The van der Waals surface area contributed by atoms with Gasteiger partial charge >= 0.3 is 0 Å². The van der Waals surface area contributed by atoms with Gasteiger partial charge < -0.3 is 0 Å². The molecule has 0 saturated carbocycles. The van der Waals surface area contributed by atoms with Crippen LogP contribution >= 0.6 is 11.8 Å². The Hall–Kier alpha value is -5.84. The Kier molecular flexibility index (Phi) is 9.40. The third kappa shape index (κ3) is 7.06. The van der Waals surface area contributed by atoms with Crippen LogP contribution in [0.25, 0.3) is 38.4 Å². The van der Waals surface area contributed by atoms with Crippen molar-refractivity contribution in [2.24, 2.45) is 4.99 Å². The standard InChI is InChI=1S/C45H35N3S/c1-31(33-14-4-2-5-15-33)48-43(40-22-12-13-23-41(40)45(47)49-44(46)35-16-6-3-7-17-35)29-26-32-24-27-34(28-25-32)42-30-36-18-8-9-19-37(36)38-20-10-11-21-39(38)42/h2-25,27-30,46-47H,26H2,1H3/b43-29-,46-44?,47-45?,48-31+. The van der Waals surface area contributed by atoms with Gasteiger partial charge in [0.2, 0.25) is 0 Å². The topological polar surface area (TPSA) is 60.1 Å². The summed E-state index contributed by atoms with van der Waals surface area (Å²) in [5.41, 5.74) is 8.76. The van der Waals surface area contributed by atoms with Crippen LogP contribution in [0, 0.1) is 10.8 Å². The number of hydrogen-bond acceptors (Lipinski definition) is 4. The van der Waals surface area contributed by atoms with E-state index in [4.69, 9.17) is 15.8 Å². The van der Waals surface area contributed by atoms with Gasteiger partial charge in [-0.25, -0.2) is 0 Å². The molecule has 3 nitrogen and oxygen atoms in total. The molecule has 0 amide bonds. The molecule has 7 aromatic rings. The largest absolute Gasteiger partial charge is 0.293 e. The van der Waals surface area contributed by atoms with E-state index >= 15 is 0 Å². The minimum atomic E-state index is 0.315. The summed E-state index contributed by atoms with van der Waals surface area (Å²) in [6.07, 6.45) is 2.83. The fourth-order valence-electron chi connectivity index (χ4n) is 6.18. The molecular weight excluding hydrogens is 615 g/mol. The average Bonchev–Trinajstić information content (AvgIpc) is 3.17. The van der Waals surface area contributed by atoms with Crippen molar-refractivity contribution >= 4 is 54.8 Å². The molecule has 0 atom stereocenters. The Morgan fingerprint density at radius 1 is 0.571 bits per heavy atom. The van der Waals surface area contributed by atoms with Gasteiger partial charge in [-0.2, -0.15) is 0 Å². The second-order valence-corrected chi connectivity index (χ2v) is 12.9. The van der Waals surface area contributed by atoms with Gasteiger partial charge in [-0.1, -0.05) is 176 Å². The van der Waals surface area contributed by atoms with Crippen LogP contribution in [0.1, 0.15) is 34.7 Å². The number of hydrogen-bond donors (Lipinski definition) is 2. The molecule has 2 N–H and O–H groups in total. The number of benzene rings is 7. The smallest absolute Gasteiger partial charge is 0.101 e. The Balaban J connectivity index is 1.23. The van der Waals surface area contributed by atoms with E-state index in [1.807, 2.05) is 79.7 Å². The maximum absolute atomic E-state index is 9.05. The van der Waals surface area contributed by atoms with Crippen molar-refractivity contribution < 1.29 is 0 Å². The van der Waals surface area contributed by atoms with E-state index in [-0.39, 0.29) is 0 Å². The van der Waals surface area contributed by atoms with Gasteiger partial charge in [0, 0.05) is 22.4 Å². The van der Waals surface area contributed by atoms with Gasteiger partial charge in [0.05, 0.1) is 5.70 Å². The molecule has 7 rings (SSSR count). The first-order chi connectivity index (χ1) is 24.0. The SMILES string of the molecule is C/C(=N\C(=C/Cc1ccc(-c2cc3ccccc3c3ccccc23)cc1)c1ccccc1C(=N)SC(=N)c1ccccc1)c1ccccc1. The van der Waals surface area contributed by atoms with Crippen LogP contribution in [0.4, 0.5) is 0 Å². The van der Waals surface area contributed by atoms with E-state index in [1.165, 1.54) is 38.2 Å². The lowest BCUT2D eigenvalue weighted by Gasteiger charge is -2.13. The maximum Gasteiger partial charge on any atom is 0.101 e. The molecule has 236 valence electrons. The Morgan fingerprint density at radius 3 is 1.86 bits per heavy atom. The van der Waals surface area contributed by atoms with Crippen LogP contribution in [0.5, 0.6) is 0 Å². The lowest BCUT2D eigenvalue weighted by Crippen LogP contribution is -2.05. The van der Waals surface area contributed by atoms with Crippen molar-refractivity contribution in [3.8, 4) is 11.1 Å². The van der Waals surface area contributed by atoms with Gasteiger partial charge in [-0.3, -0.25) is 15.8 Å². The minimum absolute atomic E-state index is 0.315.